The number of aromatic nitrogens is 1. The van der Waals surface area contributed by atoms with Crippen LogP contribution in [0.4, 0.5) is 0 Å². The standard InChI is InChI=1S/C19H26O3.C10H11ClN4/c1-7-8-13-12(4)16(10-15(13)20)22-18(21)17-14(9-11(2)3)19(17,5)6;1-8(14-7-12)15(2)6-9-3-4-10(11)13-5-9/h7,9,14,16-17H,1,8,10H2,2-6H3;3-5H,6H2,1-2H3. The molecule has 0 bridgehead atoms. The summed E-state index contributed by atoms with van der Waals surface area (Å²) in [6, 6.07) is 3.63. The van der Waals surface area contributed by atoms with Gasteiger partial charge in [0, 0.05) is 25.4 Å². The SMILES string of the molecule is C=CCC1=C(C)C(OC(=O)C2C(C=C(C)C)C2(C)C)CC1=O.CC(=NC#N)N(C)Cc1ccc(Cl)nc1. The van der Waals surface area contributed by atoms with Crippen molar-refractivity contribution in [2.75, 3.05) is 7.05 Å². The third-order valence-corrected chi connectivity index (χ3v) is 7.15. The number of Topliss-reactive ketones (excluding diaryl/α,β-unsaturated/α-hetero) is 1. The first kappa shape index (κ1) is 30.0. The lowest BCUT2D eigenvalue weighted by molar-refractivity contribution is -0.150. The van der Waals surface area contributed by atoms with Gasteiger partial charge in [0.25, 0.3) is 0 Å². The molecule has 0 amide bonds. The molecular formula is C29H37ClN4O3. The van der Waals surface area contributed by atoms with Crippen molar-refractivity contribution in [1.82, 2.24) is 9.88 Å². The minimum absolute atomic E-state index is 0.0570. The summed E-state index contributed by atoms with van der Waals surface area (Å²) in [6.45, 7) is 16.3. The lowest BCUT2D eigenvalue weighted by atomic mass is 10.1. The highest BCUT2D eigenvalue weighted by atomic mass is 35.5. The van der Waals surface area contributed by atoms with Gasteiger partial charge in [0.05, 0.1) is 12.3 Å². The average molecular weight is 525 g/mol. The Kier molecular flexibility index (Phi) is 10.4. The molecule has 0 aliphatic heterocycles. The Morgan fingerprint density at radius 3 is 2.59 bits per heavy atom. The van der Waals surface area contributed by atoms with Crippen molar-refractivity contribution in [3.8, 4) is 6.19 Å². The van der Waals surface area contributed by atoms with Gasteiger partial charge in [-0.3, -0.25) is 9.59 Å². The monoisotopic (exact) mass is 524 g/mol. The molecule has 1 aromatic rings. The summed E-state index contributed by atoms with van der Waals surface area (Å²) in [5.74, 6) is 0.704. The van der Waals surface area contributed by atoms with E-state index in [0.29, 0.717) is 24.0 Å². The first-order valence-corrected chi connectivity index (χ1v) is 12.6. The van der Waals surface area contributed by atoms with E-state index in [2.05, 4.69) is 36.5 Å². The zero-order valence-corrected chi connectivity index (χ0v) is 23.6. The maximum absolute atomic E-state index is 12.5. The van der Waals surface area contributed by atoms with Crippen molar-refractivity contribution in [3.63, 3.8) is 0 Å². The van der Waals surface area contributed by atoms with E-state index in [0.717, 1.165) is 16.7 Å². The van der Waals surface area contributed by atoms with Crippen LogP contribution >= 0.6 is 11.6 Å². The van der Waals surface area contributed by atoms with E-state index in [4.69, 9.17) is 21.6 Å². The van der Waals surface area contributed by atoms with Crippen LogP contribution in [-0.2, 0) is 20.9 Å². The second-order valence-electron chi connectivity index (χ2n) is 10.4. The second-order valence-corrected chi connectivity index (χ2v) is 10.8. The minimum Gasteiger partial charge on any atom is -0.457 e. The molecule has 2 aliphatic rings. The van der Waals surface area contributed by atoms with Gasteiger partial charge in [0.15, 0.2) is 5.78 Å². The molecule has 0 aromatic carbocycles. The summed E-state index contributed by atoms with van der Waals surface area (Å²) in [6.07, 6.45) is 7.77. The average Bonchev–Trinajstić information content (AvgIpc) is 3.25. The van der Waals surface area contributed by atoms with Gasteiger partial charge < -0.3 is 9.64 Å². The normalized spacial score (nSPS) is 21.9. The molecule has 2 aliphatic carbocycles. The van der Waals surface area contributed by atoms with E-state index in [-0.39, 0.29) is 35.4 Å². The Bertz CT molecular complexity index is 1150. The number of pyridine rings is 1. The smallest absolute Gasteiger partial charge is 0.310 e. The molecule has 3 rings (SSSR count). The van der Waals surface area contributed by atoms with Gasteiger partial charge in [0.2, 0.25) is 6.19 Å². The molecule has 1 aromatic heterocycles. The zero-order valence-electron chi connectivity index (χ0n) is 22.8. The number of ketones is 1. The summed E-state index contributed by atoms with van der Waals surface area (Å²) >= 11 is 5.67. The number of hydrogen-bond acceptors (Lipinski definition) is 6. The maximum atomic E-state index is 12.5. The Morgan fingerprint density at radius 1 is 1.38 bits per heavy atom. The quantitative estimate of drug-likeness (QED) is 0.107. The summed E-state index contributed by atoms with van der Waals surface area (Å²) in [5.41, 5.74) is 3.82. The summed E-state index contributed by atoms with van der Waals surface area (Å²) in [7, 11) is 1.87. The van der Waals surface area contributed by atoms with Crippen LogP contribution in [-0.4, -0.2) is 40.6 Å². The van der Waals surface area contributed by atoms with Gasteiger partial charge >= 0.3 is 5.97 Å². The Hall–Kier alpha value is -3.24. The molecular weight excluding hydrogens is 488 g/mol. The van der Waals surface area contributed by atoms with Gasteiger partial charge in [0.1, 0.15) is 17.1 Å². The lowest BCUT2D eigenvalue weighted by Crippen LogP contribution is -2.23. The number of halogens is 1. The van der Waals surface area contributed by atoms with Crippen LogP contribution in [0.25, 0.3) is 0 Å². The molecule has 0 N–H and O–H groups in total. The Balaban J connectivity index is 0.000000281. The third-order valence-electron chi connectivity index (χ3n) is 6.92. The number of allylic oxidation sites excluding steroid dienone is 4. The van der Waals surface area contributed by atoms with Crippen molar-refractivity contribution < 1.29 is 14.3 Å². The van der Waals surface area contributed by atoms with Crippen LogP contribution in [0, 0.1) is 28.7 Å². The molecule has 7 nitrogen and oxygen atoms in total. The third kappa shape index (κ3) is 7.87. The molecule has 0 radical (unpaired) electrons. The second kappa shape index (κ2) is 12.8. The summed E-state index contributed by atoms with van der Waals surface area (Å²) in [5, 5.41) is 8.87. The first-order valence-electron chi connectivity index (χ1n) is 12.3. The minimum atomic E-state index is -0.390. The molecule has 1 heterocycles. The Morgan fingerprint density at radius 2 is 2.05 bits per heavy atom. The number of aliphatic imine (C=N–C) groups is 1. The fourth-order valence-electron chi connectivity index (χ4n) is 4.47. The molecule has 3 unspecified atom stereocenters. The predicted molar refractivity (Wildman–Crippen MR) is 147 cm³/mol. The topological polar surface area (TPSA) is 95.7 Å². The fourth-order valence-corrected chi connectivity index (χ4v) is 4.58. The van der Waals surface area contributed by atoms with E-state index in [1.807, 2.05) is 38.8 Å². The number of hydrogen-bond donors (Lipinski definition) is 0. The number of amidine groups is 1. The van der Waals surface area contributed by atoms with E-state index in [1.165, 1.54) is 5.57 Å². The molecule has 0 spiro atoms. The molecule has 37 heavy (non-hydrogen) atoms. The maximum Gasteiger partial charge on any atom is 0.310 e. The molecule has 8 heteroatoms. The van der Waals surface area contributed by atoms with E-state index < -0.39 is 6.10 Å². The number of carbonyl (C=O) groups excluding carboxylic acids is 2. The van der Waals surface area contributed by atoms with Crippen LogP contribution < -0.4 is 0 Å². The van der Waals surface area contributed by atoms with Crippen LogP contribution in [0.5, 0.6) is 0 Å². The van der Waals surface area contributed by atoms with Crippen LogP contribution in [0.3, 0.4) is 0 Å². The summed E-state index contributed by atoms with van der Waals surface area (Å²) in [4.78, 5) is 33.9. The highest BCUT2D eigenvalue weighted by Crippen LogP contribution is 2.60. The van der Waals surface area contributed by atoms with Crippen molar-refractivity contribution in [1.29, 1.82) is 5.26 Å². The van der Waals surface area contributed by atoms with Gasteiger partial charge in [-0.2, -0.15) is 10.3 Å². The molecule has 1 fully saturated rings. The highest BCUT2D eigenvalue weighted by molar-refractivity contribution is 6.29. The lowest BCUT2D eigenvalue weighted by Gasteiger charge is -2.17. The number of carbonyl (C=O) groups is 2. The van der Waals surface area contributed by atoms with E-state index in [1.54, 1.807) is 31.5 Å². The molecule has 1 saturated carbocycles. The van der Waals surface area contributed by atoms with E-state index in [9.17, 15) is 9.59 Å². The number of esters is 1. The van der Waals surface area contributed by atoms with Crippen molar-refractivity contribution in [2.24, 2.45) is 22.2 Å². The highest BCUT2D eigenvalue weighted by Gasteiger charge is 2.61. The Labute approximate surface area is 225 Å². The predicted octanol–water partition coefficient (Wildman–Crippen LogP) is 6.07. The van der Waals surface area contributed by atoms with Gasteiger partial charge in [-0.15, -0.1) is 6.58 Å². The molecule has 0 saturated heterocycles. The van der Waals surface area contributed by atoms with Gasteiger partial charge in [-0.25, -0.2) is 4.98 Å². The number of rotatable bonds is 7. The first-order chi connectivity index (χ1) is 17.3. The van der Waals surface area contributed by atoms with Gasteiger partial charge in [-0.1, -0.05) is 49.2 Å². The van der Waals surface area contributed by atoms with Crippen molar-refractivity contribution in [3.05, 3.63) is 64.5 Å². The fraction of sp³-hybridized carbons (Fsp3) is 0.483. The van der Waals surface area contributed by atoms with Crippen molar-refractivity contribution >= 4 is 29.2 Å². The van der Waals surface area contributed by atoms with Crippen LogP contribution in [0.2, 0.25) is 5.15 Å². The van der Waals surface area contributed by atoms with Crippen LogP contribution in [0.1, 0.15) is 59.9 Å². The number of nitrogens with zero attached hydrogens (tertiary/aromatic N) is 4. The van der Waals surface area contributed by atoms with Gasteiger partial charge in [-0.05, 0) is 62.7 Å². The molecule has 198 valence electrons. The summed E-state index contributed by atoms with van der Waals surface area (Å²) < 4.78 is 5.66. The number of ether oxygens (including phenoxy) is 1. The van der Waals surface area contributed by atoms with E-state index >= 15 is 0 Å². The molecule has 3 atom stereocenters. The zero-order chi connectivity index (χ0) is 27.9. The largest absolute Gasteiger partial charge is 0.457 e. The van der Waals surface area contributed by atoms with Crippen molar-refractivity contribution in [2.45, 2.75) is 67.0 Å². The number of nitriles is 1. The van der Waals surface area contributed by atoms with Crippen LogP contribution in [0.15, 0.2) is 58.8 Å².